The Kier molecular flexibility index (Phi) is 5.33. The van der Waals surface area contributed by atoms with Crippen molar-refractivity contribution in [1.29, 1.82) is 0 Å². The van der Waals surface area contributed by atoms with E-state index < -0.39 is 10.0 Å². The minimum absolute atomic E-state index is 0.0473. The molecule has 1 unspecified atom stereocenters. The Morgan fingerprint density at radius 3 is 2.79 bits per heavy atom. The third-order valence-corrected chi connectivity index (χ3v) is 6.93. The summed E-state index contributed by atoms with van der Waals surface area (Å²) in [6.07, 6.45) is 6.93. The maximum absolute atomic E-state index is 12.0. The van der Waals surface area contributed by atoms with Crippen molar-refractivity contribution in [2.45, 2.75) is 45.1 Å². The highest BCUT2D eigenvalue weighted by molar-refractivity contribution is 7.88. The molecule has 2 aliphatic rings. The van der Waals surface area contributed by atoms with E-state index in [0.717, 1.165) is 61.8 Å². The molecule has 0 radical (unpaired) electrons. The third kappa shape index (κ3) is 4.03. The van der Waals surface area contributed by atoms with E-state index in [-0.39, 0.29) is 5.92 Å². The molecule has 7 nitrogen and oxygen atoms in total. The number of aromatic nitrogens is 3. The highest BCUT2D eigenvalue weighted by Gasteiger charge is 2.30. The van der Waals surface area contributed by atoms with E-state index in [9.17, 15) is 8.42 Å². The zero-order valence-corrected chi connectivity index (χ0v) is 17.3. The van der Waals surface area contributed by atoms with Crippen molar-refractivity contribution >= 4 is 15.8 Å². The molecule has 2 aromatic rings. The monoisotopic (exact) mass is 401 g/mol. The van der Waals surface area contributed by atoms with Crippen molar-refractivity contribution in [3.8, 4) is 0 Å². The highest BCUT2D eigenvalue weighted by Crippen LogP contribution is 2.32. The lowest BCUT2D eigenvalue weighted by molar-refractivity contribution is 0.310. The third-order valence-electron chi connectivity index (χ3n) is 5.66. The van der Waals surface area contributed by atoms with E-state index >= 15 is 0 Å². The Hall–Kier alpha value is -2.06. The first-order chi connectivity index (χ1) is 13.4. The summed E-state index contributed by atoms with van der Waals surface area (Å²) in [7, 11) is -3.19. The number of fused-ring (bicyclic) bond motifs is 1. The molecule has 8 heteroatoms. The molecule has 1 fully saturated rings. The second kappa shape index (κ2) is 7.75. The molecule has 4 heterocycles. The van der Waals surface area contributed by atoms with Crippen LogP contribution in [-0.2, 0) is 23.0 Å². The first-order valence-electron chi connectivity index (χ1n) is 9.89. The number of pyridine rings is 1. The van der Waals surface area contributed by atoms with Crippen molar-refractivity contribution in [2.24, 2.45) is 0 Å². The summed E-state index contributed by atoms with van der Waals surface area (Å²) < 4.78 is 25.5. The highest BCUT2D eigenvalue weighted by atomic mass is 32.2. The molecule has 4 rings (SSSR count). The molecule has 0 N–H and O–H groups in total. The van der Waals surface area contributed by atoms with Crippen molar-refractivity contribution < 1.29 is 8.42 Å². The lowest BCUT2D eigenvalue weighted by Gasteiger charge is -2.33. The van der Waals surface area contributed by atoms with Gasteiger partial charge in [0.1, 0.15) is 11.6 Å². The lowest BCUT2D eigenvalue weighted by Crippen LogP contribution is -2.39. The van der Waals surface area contributed by atoms with Crippen LogP contribution in [0.3, 0.4) is 0 Å². The summed E-state index contributed by atoms with van der Waals surface area (Å²) in [6.45, 7) is 4.78. The van der Waals surface area contributed by atoms with Crippen LogP contribution in [0.4, 0.5) is 5.82 Å². The second-order valence-electron chi connectivity index (χ2n) is 7.78. The maximum Gasteiger partial charge on any atom is 0.211 e. The summed E-state index contributed by atoms with van der Waals surface area (Å²) >= 11 is 0. The average molecular weight is 402 g/mol. The maximum atomic E-state index is 12.0. The van der Waals surface area contributed by atoms with Crippen molar-refractivity contribution in [1.82, 2.24) is 19.3 Å². The number of hydrogen-bond donors (Lipinski definition) is 0. The fraction of sp³-hybridized carbons (Fsp3) is 0.550. The SMILES string of the molecule is Cc1nc(C2CCCN(S(C)(=O)=O)C2)nc2c1CCCN2Cc1ccccn1. The summed E-state index contributed by atoms with van der Waals surface area (Å²) in [6, 6.07) is 5.97. The van der Waals surface area contributed by atoms with Crippen LogP contribution in [0.1, 0.15) is 48.0 Å². The van der Waals surface area contributed by atoms with E-state index in [1.54, 1.807) is 4.31 Å². The van der Waals surface area contributed by atoms with E-state index in [4.69, 9.17) is 9.97 Å². The number of anilines is 1. The van der Waals surface area contributed by atoms with Crippen LogP contribution in [-0.4, -0.2) is 53.6 Å². The van der Waals surface area contributed by atoms with Crippen molar-refractivity contribution in [3.05, 3.63) is 47.2 Å². The quantitative estimate of drug-likeness (QED) is 0.782. The smallest absolute Gasteiger partial charge is 0.211 e. The molecule has 0 bridgehead atoms. The topological polar surface area (TPSA) is 79.3 Å². The van der Waals surface area contributed by atoms with Gasteiger partial charge < -0.3 is 4.90 Å². The van der Waals surface area contributed by atoms with Gasteiger partial charge in [-0.15, -0.1) is 0 Å². The van der Waals surface area contributed by atoms with Gasteiger partial charge in [0, 0.05) is 43.0 Å². The van der Waals surface area contributed by atoms with Crippen LogP contribution in [0.5, 0.6) is 0 Å². The van der Waals surface area contributed by atoms with Crippen LogP contribution < -0.4 is 4.90 Å². The summed E-state index contributed by atoms with van der Waals surface area (Å²) in [5, 5.41) is 0. The zero-order chi connectivity index (χ0) is 19.7. The van der Waals surface area contributed by atoms with Crippen LogP contribution in [0.2, 0.25) is 0 Å². The van der Waals surface area contributed by atoms with Crippen molar-refractivity contribution in [3.63, 3.8) is 0 Å². The largest absolute Gasteiger partial charge is 0.350 e. The molecule has 0 spiro atoms. The Morgan fingerprint density at radius 2 is 2.04 bits per heavy atom. The molecule has 0 saturated carbocycles. The number of sulfonamides is 1. The first-order valence-corrected chi connectivity index (χ1v) is 11.7. The van der Waals surface area contributed by atoms with Gasteiger partial charge >= 0.3 is 0 Å². The molecule has 2 aromatic heterocycles. The van der Waals surface area contributed by atoms with E-state index in [0.29, 0.717) is 13.1 Å². The van der Waals surface area contributed by atoms with Gasteiger partial charge in [0.25, 0.3) is 0 Å². The fourth-order valence-electron chi connectivity index (χ4n) is 4.19. The molecule has 0 aromatic carbocycles. The molecule has 1 atom stereocenters. The number of piperidine rings is 1. The van der Waals surface area contributed by atoms with Crippen LogP contribution in [0.15, 0.2) is 24.4 Å². The van der Waals surface area contributed by atoms with Gasteiger partial charge in [0.05, 0.1) is 18.5 Å². The molecular formula is C20H27N5O2S. The van der Waals surface area contributed by atoms with E-state index in [2.05, 4.69) is 9.88 Å². The molecule has 150 valence electrons. The van der Waals surface area contributed by atoms with Gasteiger partial charge in [-0.05, 0) is 44.7 Å². The molecule has 0 amide bonds. The van der Waals surface area contributed by atoms with Crippen molar-refractivity contribution in [2.75, 3.05) is 30.8 Å². The Labute approximate surface area is 166 Å². The van der Waals surface area contributed by atoms with Crippen LogP contribution >= 0.6 is 0 Å². The van der Waals surface area contributed by atoms with Gasteiger partial charge in [0.15, 0.2) is 0 Å². The number of aryl methyl sites for hydroxylation is 1. The summed E-state index contributed by atoms with van der Waals surface area (Å²) in [5.74, 6) is 1.82. The number of rotatable bonds is 4. The van der Waals surface area contributed by atoms with Gasteiger partial charge in [-0.3, -0.25) is 4.98 Å². The van der Waals surface area contributed by atoms with E-state index in [1.807, 2.05) is 31.3 Å². The molecule has 0 aliphatic carbocycles. The standard InChI is InChI=1S/C20H27N5O2S/c1-15-18-9-6-11-24(14-17-8-3-4-10-21-17)20(18)23-19(22-15)16-7-5-12-25(13-16)28(2,26)27/h3-4,8,10,16H,5-7,9,11-14H2,1-2H3. The number of nitrogens with zero attached hydrogens (tertiary/aromatic N) is 5. The zero-order valence-electron chi connectivity index (χ0n) is 16.5. The molecule has 28 heavy (non-hydrogen) atoms. The Morgan fingerprint density at radius 1 is 1.18 bits per heavy atom. The minimum atomic E-state index is -3.19. The van der Waals surface area contributed by atoms with Crippen LogP contribution in [0.25, 0.3) is 0 Å². The molecular weight excluding hydrogens is 374 g/mol. The molecule has 2 aliphatic heterocycles. The minimum Gasteiger partial charge on any atom is -0.350 e. The predicted octanol–water partition coefficient (Wildman–Crippen LogP) is 2.27. The Balaban J connectivity index is 1.64. The number of hydrogen-bond acceptors (Lipinski definition) is 6. The van der Waals surface area contributed by atoms with Crippen LogP contribution in [0, 0.1) is 6.92 Å². The second-order valence-corrected chi connectivity index (χ2v) is 9.76. The van der Waals surface area contributed by atoms with Gasteiger partial charge in [-0.25, -0.2) is 22.7 Å². The van der Waals surface area contributed by atoms with Gasteiger partial charge in [-0.1, -0.05) is 6.07 Å². The Bertz CT molecular complexity index is 949. The summed E-state index contributed by atoms with van der Waals surface area (Å²) in [5.41, 5.74) is 3.25. The lowest BCUT2D eigenvalue weighted by atomic mass is 9.97. The molecule has 1 saturated heterocycles. The van der Waals surface area contributed by atoms with Gasteiger partial charge in [0.2, 0.25) is 10.0 Å². The van der Waals surface area contributed by atoms with Gasteiger partial charge in [-0.2, -0.15) is 0 Å². The normalized spacial score (nSPS) is 20.8. The first kappa shape index (κ1) is 19.3. The average Bonchev–Trinajstić information content (AvgIpc) is 2.69. The fourth-order valence-corrected chi connectivity index (χ4v) is 5.10. The predicted molar refractivity (Wildman–Crippen MR) is 109 cm³/mol. The summed E-state index contributed by atoms with van der Waals surface area (Å²) in [4.78, 5) is 16.5. The van der Waals surface area contributed by atoms with E-state index in [1.165, 1.54) is 11.8 Å².